The van der Waals surface area contributed by atoms with E-state index in [-0.39, 0.29) is 11.2 Å². The van der Waals surface area contributed by atoms with Crippen LogP contribution in [-0.4, -0.2) is 36.2 Å². The van der Waals surface area contributed by atoms with Crippen molar-refractivity contribution in [3.05, 3.63) is 48.0 Å². The number of carbonyl (C=O) groups is 1. The number of carboxylic acids is 1. The Morgan fingerprint density at radius 3 is 2.73 bits per heavy atom. The van der Waals surface area contributed by atoms with Gasteiger partial charge in [0, 0.05) is 40.3 Å². The molecule has 0 saturated carbocycles. The molecule has 2 aromatic carbocycles. The van der Waals surface area contributed by atoms with Gasteiger partial charge >= 0.3 is 5.97 Å². The third kappa shape index (κ3) is 5.67. The zero-order valence-electron chi connectivity index (χ0n) is 18.0. The third-order valence-electron chi connectivity index (χ3n) is 5.45. The fourth-order valence-corrected chi connectivity index (χ4v) is 5.83. The second kappa shape index (κ2) is 10.5. The number of unbranched alkanes of at least 4 members (excludes halogenated alkanes) is 1. The highest BCUT2D eigenvalue weighted by molar-refractivity contribution is 7.99. The van der Waals surface area contributed by atoms with Gasteiger partial charge in [-0.25, -0.2) is 0 Å². The Morgan fingerprint density at radius 1 is 1.30 bits per heavy atom. The van der Waals surface area contributed by atoms with Crippen molar-refractivity contribution in [1.29, 1.82) is 0 Å². The second-order valence-electron chi connectivity index (χ2n) is 8.14. The lowest BCUT2D eigenvalue weighted by atomic mass is 9.86. The van der Waals surface area contributed by atoms with E-state index in [1.807, 2.05) is 11.8 Å². The topological polar surface area (TPSA) is 49.8 Å². The number of aliphatic carboxylic acids is 1. The maximum absolute atomic E-state index is 10.9. The van der Waals surface area contributed by atoms with Crippen molar-refractivity contribution < 1.29 is 14.6 Å². The van der Waals surface area contributed by atoms with Crippen LogP contribution in [0.4, 0.5) is 11.4 Å². The van der Waals surface area contributed by atoms with Crippen LogP contribution in [0.2, 0.25) is 0 Å². The van der Waals surface area contributed by atoms with Crippen LogP contribution in [0, 0.1) is 5.41 Å². The van der Waals surface area contributed by atoms with Crippen LogP contribution >= 0.6 is 23.5 Å². The number of hydrogen-bond donors (Lipinski definition) is 1. The van der Waals surface area contributed by atoms with Crippen LogP contribution in [0.5, 0.6) is 5.75 Å². The van der Waals surface area contributed by atoms with Gasteiger partial charge in [-0.15, -0.1) is 23.5 Å². The summed E-state index contributed by atoms with van der Waals surface area (Å²) in [6.07, 6.45) is 3.64. The predicted octanol–water partition coefficient (Wildman–Crippen LogP) is 6.45. The summed E-state index contributed by atoms with van der Waals surface area (Å²) in [5, 5.41) is 8.97. The largest absolute Gasteiger partial charge is 0.496 e. The highest BCUT2D eigenvalue weighted by atomic mass is 32.2. The smallest absolute Gasteiger partial charge is 0.313 e. The van der Waals surface area contributed by atoms with Crippen LogP contribution in [-0.2, 0) is 10.5 Å². The van der Waals surface area contributed by atoms with Gasteiger partial charge < -0.3 is 14.7 Å². The van der Waals surface area contributed by atoms with Gasteiger partial charge in [0.15, 0.2) is 0 Å². The zero-order chi connectivity index (χ0) is 21.6. The third-order valence-corrected chi connectivity index (χ3v) is 7.90. The molecule has 3 rings (SSSR count). The molecule has 162 valence electrons. The van der Waals surface area contributed by atoms with E-state index >= 15 is 0 Å². The minimum Gasteiger partial charge on any atom is -0.496 e. The lowest BCUT2D eigenvalue weighted by molar-refractivity contribution is -0.133. The van der Waals surface area contributed by atoms with Crippen molar-refractivity contribution in [3.8, 4) is 5.75 Å². The van der Waals surface area contributed by atoms with Crippen molar-refractivity contribution in [2.24, 2.45) is 5.41 Å². The summed E-state index contributed by atoms with van der Waals surface area (Å²) in [7, 11) is 1.69. The van der Waals surface area contributed by atoms with E-state index in [1.165, 1.54) is 47.3 Å². The van der Waals surface area contributed by atoms with Crippen LogP contribution in [0.1, 0.15) is 38.7 Å². The Kier molecular flexibility index (Phi) is 8.00. The molecular weight excluding hydrogens is 414 g/mol. The number of para-hydroxylation sites is 1. The number of anilines is 2. The van der Waals surface area contributed by atoms with Crippen LogP contribution < -0.4 is 9.64 Å². The Bertz CT molecular complexity index is 859. The van der Waals surface area contributed by atoms with Gasteiger partial charge in [0.05, 0.1) is 18.6 Å². The second-order valence-corrected chi connectivity index (χ2v) is 10.1. The van der Waals surface area contributed by atoms with Gasteiger partial charge in [0.25, 0.3) is 0 Å². The van der Waals surface area contributed by atoms with E-state index in [9.17, 15) is 4.79 Å². The molecule has 0 fully saturated rings. The lowest BCUT2D eigenvalue weighted by Gasteiger charge is -2.34. The highest BCUT2D eigenvalue weighted by Crippen LogP contribution is 2.47. The zero-order valence-corrected chi connectivity index (χ0v) is 19.7. The van der Waals surface area contributed by atoms with Crippen LogP contribution in [0.15, 0.2) is 47.4 Å². The molecule has 0 amide bonds. The van der Waals surface area contributed by atoms with Gasteiger partial charge in [-0.05, 0) is 30.0 Å². The Hall–Kier alpha value is -1.79. The molecule has 0 unspecified atom stereocenters. The molecule has 1 atom stereocenters. The first-order valence-corrected chi connectivity index (χ1v) is 12.6. The number of thioether (sulfide) groups is 2. The van der Waals surface area contributed by atoms with Crippen molar-refractivity contribution in [2.75, 3.05) is 30.1 Å². The Balaban J connectivity index is 2.00. The summed E-state index contributed by atoms with van der Waals surface area (Å²) in [5.41, 5.74) is 3.63. The van der Waals surface area contributed by atoms with E-state index in [4.69, 9.17) is 9.84 Å². The minimum absolute atomic E-state index is 0.0958. The first-order chi connectivity index (χ1) is 14.5. The molecule has 1 heterocycles. The van der Waals surface area contributed by atoms with Crippen LogP contribution in [0.25, 0.3) is 0 Å². The quantitative estimate of drug-likeness (QED) is 0.478. The molecule has 0 aromatic heterocycles. The fourth-order valence-electron chi connectivity index (χ4n) is 3.83. The number of ether oxygens (including phenoxy) is 1. The van der Waals surface area contributed by atoms with Gasteiger partial charge in [-0.1, -0.05) is 44.9 Å². The summed E-state index contributed by atoms with van der Waals surface area (Å²) in [4.78, 5) is 14.6. The molecule has 0 bridgehead atoms. The molecule has 0 spiro atoms. The molecule has 1 N–H and O–H groups in total. The molecule has 6 heteroatoms. The molecule has 0 aliphatic carbocycles. The molecular formula is C24H31NO3S2. The molecule has 1 aliphatic heterocycles. The molecule has 0 radical (unpaired) electrons. The van der Waals surface area contributed by atoms with E-state index < -0.39 is 5.97 Å². The normalized spacial score (nSPS) is 18.6. The number of nitrogens with zero attached hydrogens (tertiary/aromatic N) is 1. The molecule has 4 nitrogen and oxygen atoms in total. The molecule has 0 saturated heterocycles. The summed E-state index contributed by atoms with van der Waals surface area (Å²) >= 11 is 3.32. The first-order valence-electron chi connectivity index (χ1n) is 10.4. The number of methoxy groups -OCH3 is 1. The van der Waals surface area contributed by atoms with Gasteiger partial charge in [0.2, 0.25) is 0 Å². The fraction of sp³-hybridized carbons (Fsp3) is 0.458. The number of hydrogen-bond acceptors (Lipinski definition) is 5. The van der Waals surface area contributed by atoms with Crippen molar-refractivity contribution in [2.45, 2.75) is 43.8 Å². The van der Waals surface area contributed by atoms with Gasteiger partial charge in [-0.3, -0.25) is 4.79 Å². The maximum atomic E-state index is 10.9. The molecule has 1 aliphatic rings. The van der Waals surface area contributed by atoms with Gasteiger partial charge in [-0.2, -0.15) is 0 Å². The number of fused-ring (bicyclic) bond motifs is 1. The Morgan fingerprint density at radius 2 is 2.07 bits per heavy atom. The van der Waals surface area contributed by atoms with Crippen LogP contribution in [0.3, 0.4) is 0 Å². The van der Waals surface area contributed by atoms with E-state index in [2.05, 4.69) is 61.2 Å². The SMILES string of the molecule is CCCC[C@]1(C)CSc2cc(CSCC(=O)O)c(OC)cc2N(c2ccccc2)C1. The standard InChI is InChI=1S/C24H31NO3S2/c1-4-5-11-24(2)16-25(19-9-7-6-8-10-19)20-13-21(28-3)18(12-22(20)30-17-24)14-29-15-23(26)27/h6-10,12-13H,4-5,11,14-17H2,1-3H3,(H,26,27)/t24-/m0/s1. The van der Waals surface area contributed by atoms with E-state index in [0.717, 1.165) is 23.6 Å². The lowest BCUT2D eigenvalue weighted by Crippen LogP contribution is -2.33. The van der Waals surface area contributed by atoms with Crippen molar-refractivity contribution >= 4 is 40.9 Å². The number of benzene rings is 2. The predicted molar refractivity (Wildman–Crippen MR) is 129 cm³/mol. The molecule has 30 heavy (non-hydrogen) atoms. The highest BCUT2D eigenvalue weighted by Gasteiger charge is 2.33. The summed E-state index contributed by atoms with van der Waals surface area (Å²) in [5.74, 6) is 1.83. The summed E-state index contributed by atoms with van der Waals surface area (Å²) in [6, 6.07) is 14.9. The van der Waals surface area contributed by atoms with Gasteiger partial charge in [0.1, 0.15) is 5.75 Å². The van der Waals surface area contributed by atoms with Crippen molar-refractivity contribution in [3.63, 3.8) is 0 Å². The maximum Gasteiger partial charge on any atom is 0.313 e. The summed E-state index contributed by atoms with van der Waals surface area (Å²) < 4.78 is 5.71. The first kappa shape index (κ1) is 22.9. The van der Waals surface area contributed by atoms with E-state index in [0.29, 0.717) is 5.75 Å². The summed E-state index contributed by atoms with van der Waals surface area (Å²) in [6.45, 7) is 5.62. The average molecular weight is 446 g/mol. The number of carboxylic acid groups (broad SMARTS) is 1. The Labute approximate surface area is 188 Å². The minimum atomic E-state index is -0.787. The average Bonchev–Trinajstić information content (AvgIpc) is 2.89. The number of rotatable bonds is 9. The van der Waals surface area contributed by atoms with E-state index in [1.54, 1.807) is 7.11 Å². The molecule has 2 aromatic rings. The van der Waals surface area contributed by atoms with Crippen molar-refractivity contribution in [1.82, 2.24) is 0 Å². The monoisotopic (exact) mass is 445 g/mol.